The molecule has 1 aliphatic heterocycles. The first-order valence-corrected chi connectivity index (χ1v) is 11.5. The molecule has 3 rings (SSSR count). The minimum Gasteiger partial charge on any atom is -0.497 e. The third-order valence-electron chi connectivity index (χ3n) is 5.19. The lowest BCUT2D eigenvalue weighted by molar-refractivity contribution is -0.126. The first-order chi connectivity index (χ1) is 14.8. The van der Waals surface area contributed by atoms with Gasteiger partial charge in [-0.15, -0.1) is 0 Å². The molecule has 0 aliphatic carbocycles. The molecule has 8 nitrogen and oxygen atoms in total. The van der Waals surface area contributed by atoms with E-state index in [1.165, 1.54) is 23.4 Å². The lowest BCUT2D eigenvalue weighted by Gasteiger charge is -2.31. The van der Waals surface area contributed by atoms with E-state index in [9.17, 15) is 18.0 Å². The molecular weight excluding hydrogens is 418 g/mol. The van der Waals surface area contributed by atoms with Crippen LogP contribution in [0.2, 0.25) is 0 Å². The molecule has 1 heterocycles. The number of methoxy groups -OCH3 is 1. The van der Waals surface area contributed by atoms with Crippen molar-refractivity contribution in [1.82, 2.24) is 9.62 Å². The van der Waals surface area contributed by atoms with Crippen molar-refractivity contribution in [2.75, 3.05) is 25.5 Å². The summed E-state index contributed by atoms with van der Waals surface area (Å²) in [5, 5.41) is 5.51. The molecule has 31 heavy (non-hydrogen) atoms. The Hall–Kier alpha value is -2.91. The largest absolute Gasteiger partial charge is 0.497 e. The number of anilines is 1. The van der Waals surface area contributed by atoms with Crippen LogP contribution in [0.15, 0.2) is 53.4 Å². The van der Waals surface area contributed by atoms with E-state index in [0.717, 1.165) is 11.3 Å². The van der Waals surface area contributed by atoms with Crippen LogP contribution >= 0.6 is 0 Å². The molecule has 0 aromatic heterocycles. The van der Waals surface area contributed by atoms with Gasteiger partial charge in [0.05, 0.1) is 17.9 Å². The van der Waals surface area contributed by atoms with E-state index < -0.39 is 15.9 Å². The number of sulfonamides is 1. The lowest BCUT2D eigenvalue weighted by Crippen LogP contribution is -2.45. The Labute approximate surface area is 182 Å². The van der Waals surface area contributed by atoms with Crippen LogP contribution in [-0.2, 0) is 26.2 Å². The molecule has 166 valence electrons. The molecule has 0 radical (unpaired) electrons. The Morgan fingerprint density at radius 3 is 2.39 bits per heavy atom. The zero-order chi connectivity index (χ0) is 22.4. The SMILES string of the molecule is COc1ccc(CNC(=O)[C@@H]2CCCN(S(=O)(=O)c3ccc(NC(C)=O)cc3)C2)cc1. The molecule has 9 heteroatoms. The van der Waals surface area contributed by atoms with Crippen molar-refractivity contribution in [3.63, 3.8) is 0 Å². The van der Waals surface area contributed by atoms with E-state index in [-0.39, 0.29) is 23.3 Å². The van der Waals surface area contributed by atoms with Crippen LogP contribution < -0.4 is 15.4 Å². The molecule has 2 aromatic rings. The van der Waals surface area contributed by atoms with E-state index >= 15 is 0 Å². The highest BCUT2D eigenvalue weighted by Gasteiger charge is 2.33. The molecule has 0 spiro atoms. The minimum atomic E-state index is -3.72. The highest BCUT2D eigenvalue weighted by molar-refractivity contribution is 7.89. The van der Waals surface area contributed by atoms with Crippen molar-refractivity contribution in [3.8, 4) is 5.75 Å². The second kappa shape index (κ2) is 9.93. The third-order valence-corrected chi connectivity index (χ3v) is 7.07. The van der Waals surface area contributed by atoms with Gasteiger partial charge in [0.2, 0.25) is 21.8 Å². The van der Waals surface area contributed by atoms with Gasteiger partial charge in [-0.05, 0) is 54.8 Å². The van der Waals surface area contributed by atoms with Gasteiger partial charge in [0.1, 0.15) is 5.75 Å². The second-order valence-electron chi connectivity index (χ2n) is 7.47. The Balaban J connectivity index is 1.61. The Kier molecular flexibility index (Phi) is 7.29. The maximum Gasteiger partial charge on any atom is 0.243 e. The normalized spacial score (nSPS) is 17.0. The van der Waals surface area contributed by atoms with Crippen LogP contribution in [0.1, 0.15) is 25.3 Å². The molecule has 0 unspecified atom stereocenters. The van der Waals surface area contributed by atoms with Crippen molar-refractivity contribution in [3.05, 3.63) is 54.1 Å². The van der Waals surface area contributed by atoms with E-state index in [1.807, 2.05) is 24.3 Å². The zero-order valence-electron chi connectivity index (χ0n) is 17.6. The number of benzene rings is 2. The van der Waals surface area contributed by atoms with Gasteiger partial charge in [-0.3, -0.25) is 9.59 Å². The van der Waals surface area contributed by atoms with Crippen LogP contribution in [0, 0.1) is 5.92 Å². The van der Waals surface area contributed by atoms with Gasteiger partial charge in [-0.1, -0.05) is 12.1 Å². The molecule has 0 saturated carbocycles. The second-order valence-corrected chi connectivity index (χ2v) is 9.41. The Bertz CT molecular complexity index is 1020. The molecule has 2 aromatic carbocycles. The van der Waals surface area contributed by atoms with Gasteiger partial charge in [-0.2, -0.15) is 4.31 Å². The lowest BCUT2D eigenvalue weighted by atomic mass is 9.99. The van der Waals surface area contributed by atoms with Crippen molar-refractivity contribution in [1.29, 1.82) is 0 Å². The van der Waals surface area contributed by atoms with Gasteiger partial charge in [0, 0.05) is 32.2 Å². The van der Waals surface area contributed by atoms with Crippen molar-refractivity contribution in [2.24, 2.45) is 5.92 Å². The van der Waals surface area contributed by atoms with Crippen LogP contribution in [-0.4, -0.2) is 44.7 Å². The van der Waals surface area contributed by atoms with E-state index in [1.54, 1.807) is 19.2 Å². The number of nitrogens with one attached hydrogen (secondary N) is 2. The molecule has 1 fully saturated rings. The first kappa shape index (κ1) is 22.8. The van der Waals surface area contributed by atoms with Gasteiger partial charge < -0.3 is 15.4 Å². The summed E-state index contributed by atoms with van der Waals surface area (Å²) in [6.45, 7) is 2.27. The summed E-state index contributed by atoms with van der Waals surface area (Å²) >= 11 is 0. The topological polar surface area (TPSA) is 105 Å². The summed E-state index contributed by atoms with van der Waals surface area (Å²) in [5.74, 6) is -0.0411. The smallest absolute Gasteiger partial charge is 0.243 e. The van der Waals surface area contributed by atoms with Crippen LogP contribution in [0.4, 0.5) is 5.69 Å². The number of carbonyl (C=O) groups is 2. The number of hydrogen-bond donors (Lipinski definition) is 2. The summed E-state index contributed by atoms with van der Waals surface area (Å²) in [5.41, 5.74) is 1.47. The minimum absolute atomic E-state index is 0.140. The highest BCUT2D eigenvalue weighted by atomic mass is 32.2. The van der Waals surface area contributed by atoms with Crippen molar-refractivity contribution >= 4 is 27.5 Å². The Morgan fingerprint density at radius 1 is 1.10 bits per heavy atom. The highest BCUT2D eigenvalue weighted by Crippen LogP contribution is 2.25. The monoisotopic (exact) mass is 445 g/mol. The standard InChI is InChI=1S/C22H27N3O5S/c1-16(26)24-19-7-11-21(12-8-19)31(28,29)25-13-3-4-18(15-25)22(27)23-14-17-5-9-20(30-2)10-6-17/h5-12,18H,3-4,13-15H2,1-2H3,(H,23,27)(H,24,26)/t18-/m1/s1. The predicted octanol–water partition coefficient (Wildman–Crippen LogP) is 2.37. The molecule has 2 N–H and O–H groups in total. The number of hydrogen-bond acceptors (Lipinski definition) is 5. The number of rotatable bonds is 7. The molecule has 1 aliphatic rings. The number of piperidine rings is 1. The number of nitrogens with zero attached hydrogens (tertiary/aromatic N) is 1. The van der Waals surface area contributed by atoms with E-state index in [4.69, 9.17) is 4.74 Å². The summed E-state index contributed by atoms with van der Waals surface area (Å²) in [6, 6.07) is 13.4. The van der Waals surface area contributed by atoms with Gasteiger partial charge in [0.15, 0.2) is 0 Å². The fraction of sp³-hybridized carbons (Fsp3) is 0.364. The summed E-state index contributed by atoms with van der Waals surface area (Å²) in [7, 11) is -2.13. The fourth-order valence-corrected chi connectivity index (χ4v) is 5.04. The van der Waals surface area contributed by atoms with Crippen LogP contribution in [0.3, 0.4) is 0 Å². The number of carbonyl (C=O) groups excluding carboxylic acids is 2. The quantitative estimate of drug-likeness (QED) is 0.681. The third kappa shape index (κ3) is 5.83. The molecule has 1 saturated heterocycles. The van der Waals surface area contributed by atoms with Crippen LogP contribution in [0.25, 0.3) is 0 Å². The van der Waals surface area contributed by atoms with Crippen molar-refractivity contribution < 1.29 is 22.7 Å². The molecule has 1 atom stereocenters. The first-order valence-electron chi connectivity index (χ1n) is 10.1. The molecule has 2 amide bonds. The molecule has 0 bridgehead atoms. The zero-order valence-corrected chi connectivity index (χ0v) is 18.4. The van der Waals surface area contributed by atoms with Crippen LogP contribution in [0.5, 0.6) is 5.75 Å². The number of ether oxygens (including phenoxy) is 1. The average molecular weight is 446 g/mol. The van der Waals surface area contributed by atoms with Gasteiger partial charge in [0.25, 0.3) is 0 Å². The van der Waals surface area contributed by atoms with Crippen molar-refractivity contribution in [2.45, 2.75) is 31.2 Å². The number of amides is 2. The van der Waals surface area contributed by atoms with E-state index in [2.05, 4.69) is 10.6 Å². The molecular formula is C22H27N3O5S. The maximum absolute atomic E-state index is 13.0. The Morgan fingerprint density at radius 2 is 1.77 bits per heavy atom. The van der Waals surface area contributed by atoms with E-state index in [0.29, 0.717) is 31.6 Å². The fourth-order valence-electron chi connectivity index (χ4n) is 3.51. The average Bonchev–Trinajstić information content (AvgIpc) is 2.78. The summed E-state index contributed by atoms with van der Waals surface area (Å²) in [6.07, 6.45) is 1.26. The summed E-state index contributed by atoms with van der Waals surface area (Å²) in [4.78, 5) is 23.9. The van der Waals surface area contributed by atoms with Gasteiger partial charge >= 0.3 is 0 Å². The maximum atomic E-state index is 13.0. The predicted molar refractivity (Wildman–Crippen MR) is 117 cm³/mol. The van der Waals surface area contributed by atoms with Gasteiger partial charge in [-0.25, -0.2) is 8.42 Å². The summed E-state index contributed by atoms with van der Waals surface area (Å²) < 4.78 is 32.5.